The minimum atomic E-state index is -0.294. The molecule has 1 atom stereocenters. The molecule has 1 unspecified atom stereocenters. The summed E-state index contributed by atoms with van der Waals surface area (Å²) in [7, 11) is 1.94. The first-order valence-electron chi connectivity index (χ1n) is 9.29. The van der Waals surface area contributed by atoms with Gasteiger partial charge in [0.15, 0.2) is 28.6 Å². The van der Waals surface area contributed by atoms with Crippen LogP contribution in [0.5, 0.6) is 11.5 Å². The summed E-state index contributed by atoms with van der Waals surface area (Å²) >= 11 is 9.46. The van der Waals surface area contributed by atoms with Gasteiger partial charge in [-0.1, -0.05) is 53.7 Å². The molecule has 2 aromatic carbocycles. The van der Waals surface area contributed by atoms with Crippen LogP contribution in [0, 0.1) is 0 Å². The fourth-order valence-electron chi connectivity index (χ4n) is 3.15. The number of thiazole rings is 1. The maximum Gasteiger partial charge on any atom is 0.192 e. The van der Waals surface area contributed by atoms with Crippen LogP contribution in [0.2, 0.25) is 5.02 Å². The number of aromatic nitrogens is 4. The van der Waals surface area contributed by atoms with E-state index in [2.05, 4.69) is 15.6 Å². The van der Waals surface area contributed by atoms with Crippen molar-refractivity contribution in [2.45, 2.75) is 17.0 Å². The molecule has 9 heteroatoms. The summed E-state index contributed by atoms with van der Waals surface area (Å²) in [6.45, 7) is 0.404. The van der Waals surface area contributed by atoms with Crippen LogP contribution in [-0.2, 0) is 12.8 Å². The average molecular weight is 457 g/mol. The summed E-state index contributed by atoms with van der Waals surface area (Å²) in [5, 5.41) is 13.2. The first-order valence-corrected chi connectivity index (χ1v) is 11.5. The van der Waals surface area contributed by atoms with E-state index in [1.54, 1.807) is 23.1 Å². The van der Waals surface area contributed by atoms with Crippen molar-refractivity contribution in [3.63, 3.8) is 0 Å². The van der Waals surface area contributed by atoms with E-state index in [0.29, 0.717) is 17.4 Å². The lowest BCUT2D eigenvalue weighted by atomic mass is 10.2. The predicted octanol–water partition coefficient (Wildman–Crippen LogP) is 5.40. The van der Waals surface area contributed by atoms with Crippen molar-refractivity contribution in [2.24, 2.45) is 7.05 Å². The number of para-hydroxylation sites is 2. The Morgan fingerprint density at radius 2 is 1.93 bits per heavy atom. The monoisotopic (exact) mass is 456 g/mol. The van der Waals surface area contributed by atoms with Gasteiger partial charge in [-0.3, -0.25) is 0 Å². The van der Waals surface area contributed by atoms with Gasteiger partial charge >= 0.3 is 0 Å². The van der Waals surface area contributed by atoms with Crippen LogP contribution in [0.4, 0.5) is 0 Å². The van der Waals surface area contributed by atoms with Crippen molar-refractivity contribution in [1.29, 1.82) is 0 Å². The summed E-state index contributed by atoms with van der Waals surface area (Å²) in [5.41, 5.74) is 1.94. The van der Waals surface area contributed by atoms with E-state index in [0.717, 1.165) is 38.7 Å². The first-order chi connectivity index (χ1) is 14.7. The van der Waals surface area contributed by atoms with Gasteiger partial charge in [0.25, 0.3) is 0 Å². The summed E-state index contributed by atoms with van der Waals surface area (Å²) in [5.74, 6) is 2.91. The van der Waals surface area contributed by atoms with Crippen LogP contribution in [0.1, 0.15) is 17.6 Å². The van der Waals surface area contributed by atoms with Crippen LogP contribution in [0.25, 0.3) is 10.6 Å². The Balaban J connectivity index is 1.28. The molecule has 0 N–H and O–H groups in total. The van der Waals surface area contributed by atoms with Crippen molar-refractivity contribution in [1.82, 2.24) is 19.7 Å². The maximum atomic E-state index is 6.29. The molecule has 1 aliphatic rings. The fourth-order valence-corrected chi connectivity index (χ4v) is 5.21. The quantitative estimate of drug-likeness (QED) is 0.375. The molecule has 0 saturated heterocycles. The molecule has 0 aliphatic carbocycles. The normalized spacial score (nSPS) is 15.3. The number of fused-ring (bicyclic) bond motifs is 1. The van der Waals surface area contributed by atoms with Crippen LogP contribution >= 0.6 is 34.7 Å². The van der Waals surface area contributed by atoms with Crippen LogP contribution in [-0.4, -0.2) is 26.4 Å². The van der Waals surface area contributed by atoms with Crippen molar-refractivity contribution in [3.8, 4) is 22.1 Å². The lowest BCUT2D eigenvalue weighted by molar-refractivity contribution is 0.0825. The topological polar surface area (TPSA) is 62.1 Å². The molecule has 6 nitrogen and oxygen atoms in total. The molecule has 0 fully saturated rings. The van der Waals surface area contributed by atoms with Crippen LogP contribution < -0.4 is 9.47 Å². The van der Waals surface area contributed by atoms with Gasteiger partial charge in [-0.25, -0.2) is 4.98 Å². The van der Waals surface area contributed by atoms with Crippen molar-refractivity contribution < 1.29 is 9.47 Å². The molecule has 2 aromatic heterocycles. The smallest absolute Gasteiger partial charge is 0.192 e. The van der Waals surface area contributed by atoms with Crippen molar-refractivity contribution in [3.05, 3.63) is 70.5 Å². The van der Waals surface area contributed by atoms with E-state index in [4.69, 9.17) is 26.1 Å². The van der Waals surface area contributed by atoms with E-state index in [9.17, 15) is 0 Å². The second-order valence-electron chi connectivity index (χ2n) is 6.68. The third-order valence-corrected chi connectivity index (χ3v) is 6.98. The zero-order valence-corrected chi connectivity index (χ0v) is 18.4. The van der Waals surface area contributed by atoms with E-state index in [-0.39, 0.29) is 6.10 Å². The Morgan fingerprint density at radius 3 is 2.80 bits per heavy atom. The second-order valence-corrected chi connectivity index (χ2v) is 8.88. The van der Waals surface area contributed by atoms with Gasteiger partial charge in [-0.2, -0.15) is 0 Å². The molecule has 30 heavy (non-hydrogen) atoms. The summed E-state index contributed by atoms with van der Waals surface area (Å²) in [6.07, 6.45) is -0.294. The van der Waals surface area contributed by atoms with Gasteiger partial charge in [0, 0.05) is 23.7 Å². The maximum absolute atomic E-state index is 6.29. The predicted molar refractivity (Wildman–Crippen MR) is 118 cm³/mol. The van der Waals surface area contributed by atoms with E-state index < -0.39 is 0 Å². The van der Waals surface area contributed by atoms with E-state index >= 15 is 0 Å². The number of halogens is 1. The highest BCUT2D eigenvalue weighted by Gasteiger charge is 2.27. The minimum Gasteiger partial charge on any atom is -0.485 e. The number of thioether (sulfide) groups is 1. The number of benzene rings is 2. The third-order valence-electron chi connectivity index (χ3n) is 4.67. The lowest BCUT2D eigenvalue weighted by Gasteiger charge is -2.25. The highest BCUT2D eigenvalue weighted by Crippen LogP contribution is 2.36. The van der Waals surface area contributed by atoms with E-state index in [1.807, 2.05) is 60.1 Å². The Morgan fingerprint density at radius 1 is 1.13 bits per heavy atom. The SMILES string of the molecule is Cn1c(SCc2csc(-c3ccccc3Cl)n2)nnc1C1COc2ccccc2O1. The van der Waals surface area contributed by atoms with Gasteiger partial charge in [-0.15, -0.1) is 21.5 Å². The van der Waals surface area contributed by atoms with Crippen molar-refractivity contribution >= 4 is 34.7 Å². The third kappa shape index (κ3) is 3.78. The molecule has 5 rings (SSSR count). The van der Waals surface area contributed by atoms with Gasteiger partial charge in [0.05, 0.1) is 10.7 Å². The number of nitrogens with zero attached hydrogens (tertiary/aromatic N) is 4. The van der Waals surface area contributed by atoms with Gasteiger partial charge < -0.3 is 14.0 Å². The standard InChI is InChI=1S/C21H17ClN4O2S2/c1-26-19(18-10-27-16-8-4-5-9-17(16)28-18)24-25-21(26)30-12-13-11-29-20(23-13)14-6-2-3-7-15(14)22/h2-9,11,18H,10,12H2,1H3. The minimum absolute atomic E-state index is 0.294. The molecule has 0 bridgehead atoms. The number of ether oxygens (including phenoxy) is 2. The molecule has 0 spiro atoms. The molecule has 152 valence electrons. The largest absolute Gasteiger partial charge is 0.485 e. The molecule has 3 heterocycles. The molecule has 1 aliphatic heterocycles. The van der Waals surface area contributed by atoms with Gasteiger partial charge in [-0.05, 0) is 18.2 Å². The Labute approximate surface area is 186 Å². The molecule has 0 amide bonds. The Kier molecular flexibility index (Phi) is 5.37. The van der Waals surface area contributed by atoms with Crippen molar-refractivity contribution in [2.75, 3.05) is 6.61 Å². The van der Waals surface area contributed by atoms with Gasteiger partial charge in [0.2, 0.25) is 0 Å². The van der Waals surface area contributed by atoms with Crippen LogP contribution in [0.15, 0.2) is 59.1 Å². The zero-order chi connectivity index (χ0) is 20.5. The van der Waals surface area contributed by atoms with Crippen LogP contribution in [0.3, 0.4) is 0 Å². The summed E-state index contributed by atoms with van der Waals surface area (Å²) < 4.78 is 13.8. The average Bonchev–Trinajstić information content (AvgIpc) is 3.39. The molecule has 0 radical (unpaired) electrons. The highest BCUT2D eigenvalue weighted by atomic mass is 35.5. The zero-order valence-electron chi connectivity index (χ0n) is 16.0. The molecular formula is C21H17ClN4O2S2. The van der Waals surface area contributed by atoms with Gasteiger partial charge in [0.1, 0.15) is 11.6 Å². The summed E-state index contributed by atoms with van der Waals surface area (Å²) in [4.78, 5) is 4.72. The lowest BCUT2D eigenvalue weighted by Crippen LogP contribution is -2.24. The summed E-state index contributed by atoms with van der Waals surface area (Å²) in [6, 6.07) is 15.4. The van der Waals surface area contributed by atoms with E-state index in [1.165, 1.54) is 0 Å². The second kappa shape index (κ2) is 8.29. The number of hydrogen-bond acceptors (Lipinski definition) is 7. The highest BCUT2D eigenvalue weighted by molar-refractivity contribution is 7.98. The number of hydrogen-bond donors (Lipinski definition) is 0. The Hall–Kier alpha value is -2.55. The first kappa shape index (κ1) is 19.4. The molecule has 0 saturated carbocycles. The fraction of sp³-hybridized carbons (Fsp3) is 0.190. The molecule has 4 aromatic rings. The molecular weight excluding hydrogens is 440 g/mol. The Bertz CT molecular complexity index is 1190. The number of rotatable bonds is 5.